The van der Waals surface area contributed by atoms with E-state index in [0.29, 0.717) is 6.42 Å². The SMILES string of the molecule is N#CC(C#N)(Cc1ccccc1)c1cccc2ccccc12. The number of benzene rings is 3. The largest absolute Gasteiger partial charge is 0.196 e. The van der Waals surface area contributed by atoms with E-state index in [1.54, 1.807) is 0 Å². The topological polar surface area (TPSA) is 47.6 Å². The van der Waals surface area contributed by atoms with Gasteiger partial charge in [-0.2, -0.15) is 10.5 Å². The highest BCUT2D eigenvalue weighted by Gasteiger charge is 2.34. The Kier molecular flexibility index (Phi) is 3.60. The Morgan fingerprint density at radius 3 is 2.09 bits per heavy atom. The quantitative estimate of drug-likeness (QED) is 0.716. The van der Waals surface area contributed by atoms with E-state index in [1.807, 2.05) is 72.8 Å². The molecule has 0 aliphatic heterocycles. The van der Waals surface area contributed by atoms with Crippen LogP contribution in [0.15, 0.2) is 72.8 Å². The Bertz CT molecular complexity index is 863. The van der Waals surface area contributed by atoms with E-state index in [-0.39, 0.29) is 0 Å². The van der Waals surface area contributed by atoms with Gasteiger partial charge in [0.25, 0.3) is 0 Å². The van der Waals surface area contributed by atoms with Gasteiger partial charge in [-0.05, 0) is 21.9 Å². The Labute approximate surface area is 129 Å². The average Bonchev–Trinajstić information content (AvgIpc) is 2.60. The normalized spacial score (nSPS) is 10.8. The lowest BCUT2D eigenvalue weighted by molar-refractivity contribution is 0.701. The van der Waals surface area contributed by atoms with E-state index < -0.39 is 5.41 Å². The molecule has 3 rings (SSSR count). The van der Waals surface area contributed by atoms with Crippen molar-refractivity contribution in [2.24, 2.45) is 0 Å². The molecule has 0 amide bonds. The van der Waals surface area contributed by atoms with Crippen molar-refractivity contribution in [1.29, 1.82) is 10.5 Å². The smallest absolute Gasteiger partial charge is 0.173 e. The van der Waals surface area contributed by atoms with E-state index in [2.05, 4.69) is 12.1 Å². The van der Waals surface area contributed by atoms with Crippen molar-refractivity contribution >= 4 is 10.8 Å². The van der Waals surface area contributed by atoms with Crippen molar-refractivity contribution in [3.63, 3.8) is 0 Å². The van der Waals surface area contributed by atoms with Gasteiger partial charge in [-0.1, -0.05) is 72.8 Å². The van der Waals surface area contributed by atoms with E-state index >= 15 is 0 Å². The van der Waals surface area contributed by atoms with E-state index in [1.165, 1.54) is 0 Å². The highest BCUT2D eigenvalue weighted by atomic mass is 14.4. The Morgan fingerprint density at radius 1 is 0.727 bits per heavy atom. The lowest BCUT2D eigenvalue weighted by atomic mass is 9.76. The maximum atomic E-state index is 9.78. The van der Waals surface area contributed by atoms with Gasteiger partial charge in [0.1, 0.15) is 0 Å². The van der Waals surface area contributed by atoms with Crippen molar-refractivity contribution in [3.05, 3.63) is 83.9 Å². The average molecular weight is 282 g/mol. The fourth-order valence-corrected chi connectivity index (χ4v) is 2.82. The Balaban J connectivity index is 2.19. The van der Waals surface area contributed by atoms with Crippen LogP contribution in [0.3, 0.4) is 0 Å². The standard InChI is InChI=1S/C20H14N2/c21-14-20(15-22,13-16-7-2-1-3-8-16)19-12-6-10-17-9-4-5-11-18(17)19/h1-12H,13H2. The van der Waals surface area contributed by atoms with Gasteiger partial charge in [-0.15, -0.1) is 0 Å². The first-order chi connectivity index (χ1) is 10.8. The second-order valence-electron chi connectivity index (χ2n) is 5.32. The lowest BCUT2D eigenvalue weighted by Gasteiger charge is -2.21. The fraction of sp³-hybridized carbons (Fsp3) is 0.100. The number of fused-ring (bicyclic) bond motifs is 1. The van der Waals surface area contributed by atoms with Crippen LogP contribution < -0.4 is 0 Å². The van der Waals surface area contributed by atoms with Crippen LogP contribution in [0.5, 0.6) is 0 Å². The molecule has 0 atom stereocenters. The van der Waals surface area contributed by atoms with Gasteiger partial charge in [0.15, 0.2) is 5.41 Å². The van der Waals surface area contributed by atoms with Gasteiger partial charge in [0.05, 0.1) is 12.1 Å². The number of hydrogen-bond acceptors (Lipinski definition) is 2. The van der Waals surface area contributed by atoms with Crippen molar-refractivity contribution < 1.29 is 0 Å². The molecule has 3 aromatic rings. The molecule has 0 spiro atoms. The van der Waals surface area contributed by atoms with Crippen LogP contribution in [0.25, 0.3) is 10.8 Å². The molecule has 0 heterocycles. The molecule has 2 heteroatoms. The third-order valence-corrected chi connectivity index (χ3v) is 3.94. The highest BCUT2D eigenvalue weighted by Crippen LogP contribution is 2.33. The molecule has 0 bridgehead atoms. The second kappa shape index (κ2) is 5.72. The molecule has 0 aliphatic carbocycles. The predicted octanol–water partition coefficient (Wildman–Crippen LogP) is 4.37. The Morgan fingerprint density at radius 2 is 1.36 bits per heavy atom. The summed E-state index contributed by atoms with van der Waals surface area (Å²) in [4.78, 5) is 0. The highest BCUT2D eigenvalue weighted by molar-refractivity contribution is 5.87. The molecule has 0 saturated heterocycles. The van der Waals surface area contributed by atoms with Crippen LogP contribution in [-0.2, 0) is 11.8 Å². The first-order valence-corrected chi connectivity index (χ1v) is 7.14. The maximum Gasteiger partial charge on any atom is 0.173 e. The molecule has 0 saturated carbocycles. The van der Waals surface area contributed by atoms with Crippen LogP contribution in [0.4, 0.5) is 0 Å². The summed E-state index contributed by atoms with van der Waals surface area (Å²) < 4.78 is 0. The third kappa shape index (κ3) is 2.32. The maximum absolute atomic E-state index is 9.78. The monoisotopic (exact) mass is 282 g/mol. The molecule has 3 aromatic carbocycles. The van der Waals surface area contributed by atoms with Crippen LogP contribution in [-0.4, -0.2) is 0 Å². The van der Waals surface area contributed by atoms with Gasteiger partial charge in [-0.3, -0.25) is 0 Å². The second-order valence-corrected chi connectivity index (χ2v) is 5.32. The van der Waals surface area contributed by atoms with Crippen molar-refractivity contribution in [2.45, 2.75) is 11.8 Å². The van der Waals surface area contributed by atoms with Crippen LogP contribution in [0.1, 0.15) is 11.1 Å². The van der Waals surface area contributed by atoms with Gasteiger partial charge in [-0.25, -0.2) is 0 Å². The van der Waals surface area contributed by atoms with Gasteiger partial charge < -0.3 is 0 Å². The van der Waals surface area contributed by atoms with Gasteiger partial charge in [0, 0.05) is 6.42 Å². The summed E-state index contributed by atoms with van der Waals surface area (Å²) in [6.45, 7) is 0. The van der Waals surface area contributed by atoms with Gasteiger partial charge in [0.2, 0.25) is 0 Å². The summed E-state index contributed by atoms with van der Waals surface area (Å²) in [5, 5.41) is 21.6. The minimum atomic E-state index is -1.18. The van der Waals surface area contributed by atoms with Gasteiger partial charge >= 0.3 is 0 Å². The lowest BCUT2D eigenvalue weighted by Crippen LogP contribution is -2.25. The zero-order chi connectivity index (χ0) is 15.4. The number of nitriles is 2. The summed E-state index contributed by atoms with van der Waals surface area (Å²) in [6.07, 6.45) is 0.384. The summed E-state index contributed by atoms with van der Waals surface area (Å²) in [7, 11) is 0. The Hall–Kier alpha value is -3.10. The molecule has 0 radical (unpaired) electrons. The van der Waals surface area contributed by atoms with Crippen molar-refractivity contribution in [2.75, 3.05) is 0 Å². The van der Waals surface area contributed by atoms with E-state index in [4.69, 9.17) is 0 Å². The molecule has 0 fully saturated rings. The summed E-state index contributed by atoms with van der Waals surface area (Å²) >= 11 is 0. The zero-order valence-electron chi connectivity index (χ0n) is 12.0. The first-order valence-electron chi connectivity index (χ1n) is 7.14. The van der Waals surface area contributed by atoms with Crippen molar-refractivity contribution in [3.8, 4) is 12.1 Å². The summed E-state index contributed by atoms with van der Waals surface area (Å²) in [5.41, 5.74) is 0.584. The van der Waals surface area contributed by atoms with Crippen molar-refractivity contribution in [1.82, 2.24) is 0 Å². The van der Waals surface area contributed by atoms with Crippen LogP contribution in [0.2, 0.25) is 0 Å². The third-order valence-electron chi connectivity index (χ3n) is 3.94. The van der Waals surface area contributed by atoms with Crippen LogP contribution in [0, 0.1) is 22.7 Å². The van der Waals surface area contributed by atoms with E-state index in [0.717, 1.165) is 21.9 Å². The first kappa shape index (κ1) is 13.9. The molecular weight excluding hydrogens is 268 g/mol. The summed E-state index contributed by atoms with van der Waals surface area (Å²) in [6, 6.07) is 27.9. The summed E-state index contributed by atoms with van der Waals surface area (Å²) in [5.74, 6) is 0. The predicted molar refractivity (Wildman–Crippen MR) is 87.0 cm³/mol. The van der Waals surface area contributed by atoms with Crippen LogP contribution >= 0.6 is 0 Å². The molecule has 0 N–H and O–H groups in total. The molecule has 22 heavy (non-hydrogen) atoms. The minimum Gasteiger partial charge on any atom is -0.196 e. The number of rotatable bonds is 3. The zero-order valence-corrected chi connectivity index (χ0v) is 12.0. The molecule has 104 valence electrons. The van der Waals surface area contributed by atoms with E-state index in [9.17, 15) is 10.5 Å². The molecular formula is C20H14N2. The number of nitrogens with zero attached hydrogens (tertiary/aromatic N) is 2. The fourth-order valence-electron chi connectivity index (χ4n) is 2.82. The minimum absolute atomic E-state index is 0.384. The molecule has 2 nitrogen and oxygen atoms in total. The molecule has 0 aliphatic rings. The number of hydrogen-bond donors (Lipinski definition) is 0. The molecule has 0 unspecified atom stereocenters. The molecule has 0 aromatic heterocycles.